The zero-order valence-corrected chi connectivity index (χ0v) is 18.6. The number of ether oxygens (including phenoxy) is 3. The first-order valence-electron chi connectivity index (χ1n) is 10.4. The first-order valence-corrected chi connectivity index (χ1v) is 11.2. The number of carbonyl (C=O) groups excluding carboxylic acids is 1. The summed E-state index contributed by atoms with van der Waals surface area (Å²) in [5.74, 6) is 1.65. The van der Waals surface area contributed by atoms with E-state index < -0.39 is 0 Å². The average Bonchev–Trinajstić information content (AvgIpc) is 3.21. The Bertz CT molecular complexity index is 1010. The maximum Gasteiger partial charge on any atom is 0.317 e. The topological polar surface area (TPSA) is 72.9 Å². The summed E-state index contributed by atoms with van der Waals surface area (Å²) in [6.07, 6.45) is 2.46. The molecule has 1 N–H and O–H groups in total. The highest BCUT2D eigenvalue weighted by Crippen LogP contribution is 2.32. The van der Waals surface area contributed by atoms with Gasteiger partial charge in [0.2, 0.25) is 0 Å². The quantitative estimate of drug-likeness (QED) is 0.597. The number of hydrogen-bond acceptors (Lipinski definition) is 6. The molecule has 2 heterocycles. The van der Waals surface area contributed by atoms with Crippen molar-refractivity contribution in [1.82, 2.24) is 15.2 Å². The first kappa shape index (κ1) is 21.2. The molecule has 0 radical (unpaired) electrons. The molecule has 1 fully saturated rings. The van der Waals surface area contributed by atoms with Crippen LogP contribution in [0.5, 0.6) is 16.7 Å². The Kier molecular flexibility index (Phi) is 6.76. The summed E-state index contributed by atoms with van der Waals surface area (Å²) in [6, 6.07) is 13.7. The van der Waals surface area contributed by atoms with Gasteiger partial charge in [0.25, 0.3) is 5.19 Å². The molecule has 2 aromatic carbocycles. The van der Waals surface area contributed by atoms with Crippen LogP contribution in [0.3, 0.4) is 0 Å². The number of aromatic nitrogens is 1. The minimum atomic E-state index is -0.0148. The first-order chi connectivity index (χ1) is 15.1. The number of urea groups is 1. The number of benzene rings is 2. The molecule has 0 atom stereocenters. The van der Waals surface area contributed by atoms with Crippen molar-refractivity contribution in [3.05, 3.63) is 48.0 Å². The lowest BCUT2D eigenvalue weighted by Gasteiger charge is -2.31. The molecule has 3 aromatic rings. The van der Waals surface area contributed by atoms with Gasteiger partial charge in [0, 0.05) is 32.5 Å². The number of nitrogens with one attached hydrogen (secondary N) is 1. The summed E-state index contributed by atoms with van der Waals surface area (Å²) in [6.45, 7) is 1.96. The zero-order valence-electron chi connectivity index (χ0n) is 17.8. The van der Waals surface area contributed by atoms with Crippen molar-refractivity contribution in [1.29, 1.82) is 0 Å². The summed E-state index contributed by atoms with van der Waals surface area (Å²) >= 11 is 1.52. The summed E-state index contributed by atoms with van der Waals surface area (Å²) in [7, 11) is 3.31. The SMILES string of the molecule is COc1ccc(CCNC(=O)N2CCC(Oc3nc4ccc(OC)cc4s3)CC2)cc1. The van der Waals surface area contributed by atoms with Gasteiger partial charge in [-0.2, -0.15) is 0 Å². The Morgan fingerprint density at radius 1 is 1.10 bits per heavy atom. The maximum absolute atomic E-state index is 12.5. The van der Waals surface area contributed by atoms with Gasteiger partial charge in [-0.3, -0.25) is 0 Å². The summed E-state index contributed by atoms with van der Waals surface area (Å²) < 4.78 is 17.6. The predicted octanol–water partition coefficient (Wildman–Crippen LogP) is 4.11. The van der Waals surface area contributed by atoms with Gasteiger partial charge in [-0.1, -0.05) is 23.5 Å². The maximum atomic E-state index is 12.5. The Morgan fingerprint density at radius 3 is 2.52 bits per heavy atom. The average molecular weight is 442 g/mol. The van der Waals surface area contributed by atoms with Gasteiger partial charge in [0.05, 0.1) is 24.4 Å². The molecular formula is C23H27N3O4S. The molecule has 164 valence electrons. The number of amides is 2. The van der Waals surface area contributed by atoms with E-state index in [0.29, 0.717) is 24.8 Å². The van der Waals surface area contributed by atoms with Crippen molar-refractivity contribution in [2.45, 2.75) is 25.4 Å². The van der Waals surface area contributed by atoms with E-state index in [-0.39, 0.29) is 12.1 Å². The van der Waals surface area contributed by atoms with Crippen LogP contribution in [0.15, 0.2) is 42.5 Å². The van der Waals surface area contributed by atoms with Crippen molar-refractivity contribution in [2.75, 3.05) is 33.9 Å². The van der Waals surface area contributed by atoms with Gasteiger partial charge in [0.1, 0.15) is 17.6 Å². The molecule has 0 unspecified atom stereocenters. The van der Waals surface area contributed by atoms with E-state index in [4.69, 9.17) is 14.2 Å². The molecule has 0 spiro atoms. The fourth-order valence-electron chi connectivity index (χ4n) is 3.60. The van der Waals surface area contributed by atoms with Crippen molar-refractivity contribution in [3.8, 4) is 16.7 Å². The van der Waals surface area contributed by atoms with E-state index in [1.54, 1.807) is 14.2 Å². The van der Waals surface area contributed by atoms with E-state index in [1.807, 2.05) is 47.4 Å². The van der Waals surface area contributed by atoms with E-state index in [0.717, 1.165) is 41.0 Å². The smallest absolute Gasteiger partial charge is 0.317 e. The van der Waals surface area contributed by atoms with Crippen LogP contribution in [0.25, 0.3) is 10.2 Å². The van der Waals surface area contributed by atoms with Gasteiger partial charge in [0.15, 0.2) is 0 Å². The van der Waals surface area contributed by atoms with Crippen LogP contribution in [-0.2, 0) is 6.42 Å². The number of piperidine rings is 1. The van der Waals surface area contributed by atoms with E-state index in [1.165, 1.54) is 16.9 Å². The third-order valence-electron chi connectivity index (χ3n) is 5.42. The van der Waals surface area contributed by atoms with Crippen molar-refractivity contribution in [2.24, 2.45) is 0 Å². The number of methoxy groups -OCH3 is 2. The van der Waals surface area contributed by atoms with Crippen molar-refractivity contribution < 1.29 is 19.0 Å². The molecule has 1 aliphatic heterocycles. The standard InChI is InChI=1S/C23H27N3O4S/c1-28-17-5-3-16(4-6-17)9-12-24-22(27)26-13-10-18(11-14-26)30-23-25-20-8-7-19(29-2)15-21(20)31-23/h3-8,15,18H,9-14H2,1-2H3,(H,24,27). The minimum absolute atomic E-state index is 0.0148. The lowest BCUT2D eigenvalue weighted by molar-refractivity contribution is 0.111. The van der Waals surface area contributed by atoms with Crippen LogP contribution in [0.2, 0.25) is 0 Å². The second kappa shape index (κ2) is 9.87. The molecule has 1 aliphatic rings. The monoisotopic (exact) mass is 441 g/mol. The van der Waals surface area contributed by atoms with E-state index in [9.17, 15) is 4.79 Å². The zero-order chi connectivity index (χ0) is 21.6. The third kappa shape index (κ3) is 5.38. The van der Waals surface area contributed by atoms with Gasteiger partial charge in [-0.15, -0.1) is 0 Å². The highest BCUT2D eigenvalue weighted by molar-refractivity contribution is 7.20. The molecule has 8 heteroatoms. The molecule has 4 rings (SSSR count). The van der Waals surface area contributed by atoms with Gasteiger partial charge in [-0.25, -0.2) is 9.78 Å². The Balaban J connectivity index is 1.21. The summed E-state index contributed by atoms with van der Waals surface area (Å²) in [5.41, 5.74) is 2.08. The number of carbonyl (C=O) groups is 1. The minimum Gasteiger partial charge on any atom is -0.497 e. The fourth-order valence-corrected chi connectivity index (χ4v) is 4.51. The van der Waals surface area contributed by atoms with Crippen LogP contribution in [-0.4, -0.2) is 55.9 Å². The number of nitrogens with zero attached hydrogens (tertiary/aromatic N) is 2. The highest BCUT2D eigenvalue weighted by Gasteiger charge is 2.24. The molecule has 2 amide bonds. The highest BCUT2D eigenvalue weighted by atomic mass is 32.1. The largest absolute Gasteiger partial charge is 0.497 e. The predicted molar refractivity (Wildman–Crippen MR) is 121 cm³/mol. The molecule has 7 nitrogen and oxygen atoms in total. The molecule has 31 heavy (non-hydrogen) atoms. The third-order valence-corrected chi connectivity index (χ3v) is 6.33. The Labute approximate surface area is 185 Å². The summed E-state index contributed by atoms with van der Waals surface area (Å²) in [5, 5.41) is 3.69. The second-order valence-corrected chi connectivity index (χ2v) is 8.44. The van der Waals surface area contributed by atoms with Gasteiger partial charge in [-0.05, 0) is 42.3 Å². The van der Waals surface area contributed by atoms with Crippen LogP contribution in [0, 0.1) is 0 Å². The van der Waals surface area contributed by atoms with Crippen LogP contribution < -0.4 is 19.5 Å². The van der Waals surface area contributed by atoms with Gasteiger partial charge < -0.3 is 24.4 Å². The summed E-state index contributed by atoms with van der Waals surface area (Å²) in [4.78, 5) is 18.9. The van der Waals surface area contributed by atoms with Crippen molar-refractivity contribution >= 4 is 27.6 Å². The molecule has 1 aromatic heterocycles. The number of thiazole rings is 1. The van der Waals surface area contributed by atoms with Gasteiger partial charge >= 0.3 is 6.03 Å². The molecule has 0 bridgehead atoms. The second-order valence-electron chi connectivity index (χ2n) is 7.45. The van der Waals surface area contributed by atoms with E-state index >= 15 is 0 Å². The van der Waals surface area contributed by atoms with E-state index in [2.05, 4.69) is 10.3 Å². The number of fused-ring (bicyclic) bond motifs is 1. The number of hydrogen-bond donors (Lipinski definition) is 1. The Hall–Kier alpha value is -3.00. The van der Waals surface area contributed by atoms with Crippen LogP contribution in [0.1, 0.15) is 18.4 Å². The molecular weight excluding hydrogens is 414 g/mol. The van der Waals surface area contributed by atoms with Crippen LogP contribution >= 0.6 is 11.3 Å². The molecule has 1 saturated heterocycles. The van der Waals surface area contributed by atoms with Crippen molar-refractivity contribution in [3.63, 3.8) is 0 Å². The fraction of sp³-hybridized carbons (Fsp3) is 0.391. The van der Waals surface area contributed by atoms with Crippen LogP contribution in [0.4, 0.5) is 4.79 Å². The number of rotatable bonds is 7. The normalized spacial score (nSPS) is 14.5. The lowest BCUT2D eigenvalue weighted by atomic mass is 10.1. The Morgan fingerprint density at radius 2 is 1.81 bits per heavy atom. The number of likely N-dealkylation sites (tertiary alicyclic amines) is 1. The molecule has 0 aliphatic carbocycles. The lowest BCUT2D eigenvalue weighted by Crippen LogP contribution is -2.46. The molecule has 0 saturated carbocycles.